The van der Waals surface area contributed by atoms with E-state index in [1.54, 1.807) is 0 Å². The molecule has 0 aromatic carbocycles. The lowest BCUT2D eigenvalue weighted by molar-refractivity contribution is -0.155. The van der Waals surface area contributed by atoms with Crippen LogP contribution in [0.3, 0.4) is 0 Å². The average Bonchev–Trinajstić information content (AvgIpc) is 2.78. The number of carbonyl (C=O) groups excluding carboxylic acids is 2. The Labute approximate surface area is 188 Å². The van der Waals surface area contributed by atoms with Gasteiger partial charge >= 0.3 is 5.97 Å². The summed E-state index contributed by atoms with van der Waals surface area (Å²) in [5.74, 6) is -1.43. The molecule has 0 aliphatic carbocycles. The lowest BCUT2D eigenvalue weighted by Gasteiger charge is -2.20. The maximum absolute atomic E-state index is 11.7. The highest BCUT2D eigenvalue weighted by molar-refractivity contribution is 5.86. The predicted octanol–water partition coefficient (Wildman–Crippen LogP) is 3.44. The number of rotatable bonds is 22. The Hall–Kier alpha value is -1.02. The summed E-state index contributed by atoms with van der Waals surface area (Å²) in [6.07, 6.45) is 13.5. The van der Waals surface area contributed by atoms with Gasteiger partial charge in [-0.2, -0.15) is 0 Å². The van der Waals surface area contributed by atoms with E-state index < -0.39 is 43.3 Å². The van der Waals surface area contributed by atoms with Gasteiger partial charge in [-0.15, -0.1) is 0 Å². The summed E-state index contributed by atoms with van der Waals surface area (Å²) in [7, 11) is 0. The van der Waals surface area contributed by atoms with Crippen LogP contribution in [0.5, 0.6) is 0 Å². The molecule has 0 rings (SSSR count). The SMILES string of the molecule is CCCCCCCCCCCCCCCCCC(=O)OCC(=O)[C@@H](O)[C@H](O)[C@H](O)CO. The first-order valence-electron chi connectivity index (χ1n) is 12.3. The van der Waals surface area contributed by atoms with E-state index >= 15 is 0 Å². The summed E-state index contributed by atoms with van der Waals surface area (Å²) in [5.41, 5.74) is 0. The van der Waals surface area contributed by atoms with E-state index in [4.69, 9.17) is 9.84 Å². The third kappa shape index (κ3) is 17.2. The molecule has 0 spiro atoms. The van der Waals surface area contributed by atoms with Gasteiger partial charge in [0.1, 0.15) is 18.3 Å². The Morgan fingerprint density at radius 1 is 0.710 bits per heavy atom. The predicted molar refractivity (Wildman–Crippen MR) is 121 cm³/mol. The number of carbonyl (C=O) groups is 2. The summed E-state index contributed by atoms with van der Waals surface area (Å²) >= 11 is 0. The van der Waals surface area contributed by atoms with Gasteiger partial charge in [-0.25, -0.2) is 0 Å². The fraction of sp³-hybridized carbons (Fsp3) is 0.917. The van der Waals surface area contributed by atoms with Crippen molar-refractivity contribution in [1.29, 1.82) is 0 Å². The van der Waals surface area contributed by atoms with Crippen LogP contribution in [0.2, 0.25) is 0 Å². The molecule has 184 valence electrons. The fourth-order valence-corrected chi connectivity index (χ4v) is 3.46. The maximum atomic E-state index is 11.7. The van der Waals surface area contributed by atoms with Crippen molar-refractivity contribution in [2.24, 2.45) is 0 Å². The van der Waals surface area contributed by atoms with Crippen LogP contribution in [0.25, 0.3) is 0 Å². The van der Waals surface area contributed by atoms with E-state index in [0.717, 1.165) is 12.8 Å². The summed E-state index contributed by atoms with van der Waals surface area (Å²) in [6.45, 7) is 0.800. The van der Waals surface area contributed by atoms with Crippen molar-refractivity contribution >= 4 is 11.8 Å². The minimum absolute atomic E-state index is 0.212. The molecule has 4 N–H and O–H groups in total. The van der Waals surface area contributed by atoms with E-state index in [9.17, 15) is 24.9 Å². The second-order valence-corrected chi connectivity index (χ2v) is 8.51. The van der Waals surface area contributed by atoms with Crippen LogP contribution in [0.4, 0.5) is 0 Å². The van der Waals surface area contributed by atoms with Crippen molar-refractivity contribution in [2.45, 2.75) is 128 Å². The number of esters is 1. The van der Waals surface area contributed by atoms with Crippen LogP contribution in [-0.4, -0.2) is 63.7 Å². The van der Waals surface area contributed by atoms with E-state index in [2.05, 4.69) is 6.92 Å². The molecule has 0 fully saturated rings. The Kier molecular flexibility index (Phi) is 20.2. The molecular weight excluding hydrogens is 400 g/mol. The number of Topliss-reactive ketones (excluding diaryl/α,β-unsaturated/α-hetero) is 1. The average molecular weight is 447 g/mol. The van der Waals surface area contributed by atoms with E-state index in [0.29, 0.717) is 6.42 Å². The number of ketones is 1. The molecule has 0 amide bonds. The Morgan fingerprint density at radius 3 is 1.55 bits per heavy atom. The van der Waals surface area contributed by atoms with E-state index in [1.807, 2.05) is 0 Å². The lowest BCUT2D eigenvalue weighted by atomic mass is 10.0. The molecule has 0 radical (unpaired) electrons. The van der Waals surface area contributed by atoms with Gasteiger partial charge in [0.25, 0.3) is 0 Å². The van der Waals surface area contributed by atoms with Gasteiger partial charge in [0.05, 0.1) is 6.61 Å². The van der Waals surface area contributed by atoms with Crippen LogP contribution in [0, 0.1) is 0 Å². The highest BCUT2D eigenvalue weighted by Crippen LogP contribution is 2.14. The van der Waals surface area contributed by atoms with Crippen molar-refractivity contribution in [1.82, 2.24) is 0 Å². The van der Waals surface area contributed by atoms with Crippen molar-refractivity contribution in [3.63, 3.8) is 0 Å². The third-order valence-electron chi connectivity index (χ3n) is 5.59. The molecule has 3 atom stereocenters. The summed E-state index contributed by atoms with van der Waals surface area (Å²) in [4.78, 5) is 23.3. The van der Waals surface area contributed by atoms with Gasteiger partial charge in [0, 0.05) is 6.42 Å². The number of ether oxygens (including phenoxy) is 1. The molecule has 0 aliphatic rings. The minimum atomic E-state index is -1.90. The van der Waals surface area contributed by atoms with Gasteiger partial charge < -0.3 is 25.2 Å². The van der Waals surface area contributed by atoms with E-state index in [1.165, 1.54) is 77.0 Å². The second kappa shape index (κ2) is 20.9. The van der Waals surface area contributed by atoms with Crippen LogP contribution >= 0.6 is 0 Å². The van der Waals surface area contributed by atoms with Crippen LogP contribution in [-0.2, 0) is 14.3 Å². The lowest BCUT2D eigenvalue weighted by Crippen LogP contribution is -2.45. The molecule has 0 heterocycles. The molecule has 0 aromatic rings. The molecule has 0 aromatic heterocycles. The summed E-state index contributed by atoms with van der Waals surface area (Å²) in [6, 6.07) is 0. The molecule has 0 unspecified atom stereocenters. The van der Waals surface area contributed by atoms with Crippen molar-refractivity contribution in [2.75, 3.05) is 13.2 Å². The topological polar surface area (TPSA) is 124 Å². The first-order valence-corrected chi connectivity index (χ1v) is 12.3. The minimum Gasteiger partial charge on any atom is -0.458 e. The highest BCUT2D eigenvalue weighted by atomic mass is 16.5. The number of aliphatic hydroxyl groups is 4. The van der Waals surface area contributed by atoms with Crippen LogP contribution < -0.4 is 0 Å². The van der Waals surface area contributed by atoms with Gasteiger partial charge in [-0.05, 0) is 6.42 Å². The van der Waals surface area contributed by atoms with Crippen molar-refractivity contribution in [3.8, 4) is 0 Å². The monoisotopic (exact) mass is 446 g/mol. The van der Waals surface area contributed by atoms with E-state index in [-0.39, 0.29) is 6.42 Å². The summed E-state index contributed by atoms with van der Waals surface area (Å²) in [5, 5.41) is 36.9. The molecule has 0 aliphatic heterocycles. The van der Waals surface area contributed by atoms with Gasteiger partial charge in [0.15, 0.2) is 6.61 Å². The third-order valence-corrected chi connectivity index (χ3v) is 5.59. The Bertz CT molecular complexity index is 442. The van der Waals surface area contributed by atoms with Crippen LogP contribution in [0.15, 0.2) is 0 Å². The number of hydrogen-bond donors (Lipinski definition) is 4. The largest absolute Gasteiger partial charge is 0.458 e. The molecule has 0 saturated heterocycles. The zero-order valence-electron chi connectivity index (χ0n) is 19.5. The Morgan fingerprint density at radius 2 is 1.13 bits per heavy atom. The Balaban J connectivity index is 3.47. The molecule has 0 saturated carbocycles. The zero-order valence-corrected chi connectivity index (χ0v) is 19.5. The van der Waals surface area contributed by atoms with Gasteiger partial charge in [-0.3, -0.25) is 9.59 Å². The molecule has 31 heavy (non-hydrogen) atoms. The molecular formula is C24H46O7. The van der Waals surface area contributed by atoms with Crippen LogP contribution in [0.1, 0.15) is 110 Å². The standard InChI is InChI=1S/C24H46O7/c1-2-3-4-5-6-7-8-9-10-11-12-13-14-15-16-17-22(28)31-19-21(27)24(30)23(29)20(26)18-25/h20,23-26,29-30H,2-19H2,1H3/t20-,23-,24-/m1/s1. The molecule has 0 bridgehead atoms. The first kappa shape index (κ1) is 30.0. The van der Waals surface area contributed by atoms with Crippen molar-refractivity contribution in [3.05, 3.63) is 0 Å². The first-order chi connectivity index (χ1) is 14.9. The number of unbranched alkanes of at least 4 members (excludes halogenated alkanes) is 14. The van der Waals surface area contributed by atoms with Gasteiger partial charge in [0.2, 0.25) is 5.78 Å². The van der Waals surface area contributed by atoms with Crippen molar-refractivity contribution < 1.29 is 34.8 Å². The fourth-order valence-electron chi connectivity index (χ4n) is 3.46. The quantitative estimate of drug-likeness (QED) is 0.148. The zero-order chi connectivity index (χ0) is 23.3. The smallest absolute Gasteiger partial charge is 0.306 e. The second-order valence-electron chi connectivity index (χ2n) is 8.51. The van der Waals surface area contributed by atoms with Gasteiger partial charge in [-0.1, -0.05) is 96.8 Å². The highest BCUT2D eigenvalue weighted by Gasteiger charge is 2.30. The number of aliphatic hydroxyl groups excluding tert-OH is 4. The maximum Gasteiger partial charge on any atom is 0.306 e. The number of hydrogen-bond acceptors (Lipinski definition) is 7. The molecule has 7 heteroatoms. The molecule has 7 nitrogen and oxygen atoms in total. The summed E-state index contributed by atoms with van der Waals surface area (Å²) < 4.78 is 4.80. The normalized spacial score (nSPS) is 14.2.